The number of nitrogens with one attached hydrogen (secondary N) is 2. The van der Waals surface area contributed by atoms with Gasteiger partial charge in [0.2, 0.25) is 5.91 Å². The number of carbonyl (C=O) groups excluding carboxylic acids is 1. The van der Waals surface area contributed by atoms with E-state index in [4.69, 9.17) is 0 Å². The van der Waals surface area contributed by atoms with Crippen molar-refractivity contribution in [2.75, 3.05) is 32.0 Å². The highest BCUT2D eigenvalue weighted by Gasteiger charge is 2.23. The first-order chi connectivity index (χ1) is 10.1. The summed E-state index contributed by atoms with van der Waals surface area (Å²) >= 11 is 6.88. The van der Waals surface area contributed by atoms with Crippen LogP contribution < -0.4 is 10.6 Å². The van der Waals surface area contributed by atoms with Gasteiger partial charge in [-0.05, 0) is 60.6 Å². The molecule has 1 aliphatic heterocycles. The maximum Gasteiger partial charge on any atom is 0.238 e. The maximum atomic E-state index is 12.3. The van der Waals surface area contributed by atoms with Crippen molar-refractivity contribution in [3.8, 4) is 0 Å². The molecule has 1 amide bonds. The van der Waals surface area contributed by atoms with Crippen molar-refractivity contribution < 1.29 is 4.79 Å². The maximum absolute atomic E-state index is 12.3. The van der Waals surface area contributed by atoms with Crippen LogP contribution in [0.2, 0.25) is 0 Å². The SMILES string of the molecule is CNCC1CCCCN1CC(=O)Nc1ccc(Br)cc1Br. The summed E-state index contributed by atoms with van der Waals surface area (Å²) in [5.74, 6) is 0.0426. The number of nitrogens with zero attached hydrogens (tertiary/aromatic N) is 1. The number of carbonyl (C=O) groups is 1. The fourth-order valence-electron chi connectivity index (χ4n) is 2.70. The summed E-state index contributed by atoms with van der Waals surface area (Å²) in [6.07, 6.45) is 3.59. The molecule has 4 nitrogen and oxygen atoms in total. The molecule has 0 aromatic heterocycles. The largest absolute Gasteiger partial charge is 0.324 e. The van der Waals surface area contributed by atoms with Crippen LogP contribution in [0.15, 0.2) is 27.1 Å². The number of piperidine rings is 1. The van der Waals surface area contributed by atoms with E-state index >= 15 is 0 Å². The van der Waals surface area contributed by atoms with Crippen LogP contribution in [0, 0.1) is 0 Å². The summed E-state index contributed by atoms with van der Waals surface area (Å²) in [5, 5.41) is 6.20. The molecule has 1 saturated heterocycles. The molecule has 0 saturated carbocycles. The molecule has 6 heteroatoms. The Balaban J connectivity index is 1.93. The number of likely N-dealkylation sites (N-methyl/N-ethyl adjacent to an activating group) is 1. The highest BCUT2D eigenvalue weighted by molar-refractivity contribution is 9.11. The molecular weight excluding hydrogens is 398 g/mol. The van der Waals surface area contributed by atoms with E-state index in [1.165, 1.54) is 12.8 Å². The first kappa shape index (κ1) is 16.9. The van der Waals surface area contributed by atoms with Gasteiger partial charge in [-0.3, -0.25) is 9.69 Å². The van der Waals surface area contributed by atoms with E-state index in [9.17, 15) is 4.79 Å². The molecule has 1 atom stereocenters. The van der Waals surface area contributed by atoms with Gasteiger partial charge in [0.1, 0.15) is 0 Å². The number of rotatable bonds is 5. The molecule has 116 valence electrons. The van der Waals surface area contributed by atoms with E-state index in [-0.39, 0.29) is 5.91 Å². The standard InChI is InChI=1S/C15H21Br2N3O/c1-18-9-12-4-2-3-7-20(12)10-15(21)19-14-6-5-11(16)8-13(14)17/h5-6,8,12,18H,2-4,7,9-10H2,1H3,(H,19,21). The fraction of sp³-hybridized carbons (Fsp3) is 0.533. The minimum absolute atomic E-state index is 0.0426. The van der Waals surface area contributed by atoms with Gasteiger partial charge in [-0.15, -0.1) is 0 Å². The van der Waals surface area contributed by atoms with E-state index in [1.54, 1.807) is 0 Å². The highest BCUT2D eigenvalue weighted by Crippen LogP contribution is 2.26. The minimum Gasteiger partial charge on any atom is -0.324 e. The van der Waals surface area contributed by atoms with Gasteiger partial charge >= 0.3 is 0 Å². The lowest BCUT2D eigenvalue weighted by molar-refractivity contribution is -0.118. The van der Waals surface area contributed by atoms with Crippen LogP contribution in [0.1, 0.15) is 19.3 Å². The average Bonchev–Trinajstić information content (AvgIpc) is 2.44. The lowest BCUT2D eigenvalue weighted by Gasteiger charge is -2.35. The summed E-state index contributed by atoms with van der Waals surface area (Å²) in [7, 11) is 1.96. The lowest BCUT2D eigenvalue weighted by atomic mass is 10.0. The predicted octanol–water partition coefficient (Wildman–Crippen LogP) is 3.22. The zero-order chi connectivity index (χ0) is 15.2. The molecule has 2 N–H and O–H groups in total. The van der Waals surface area contributed by atoms with E-state index in [1.807, 2.05) is 25.2 Å². The second-order valence-electron chi connectivity index (χ2n) is 5.35. The van der Waals surface area contributed by atoms with Crippen molar-refractivity contribution in [2.45, 2.75) is 25.3 Å². The normalized spacial score (nSPS) is 19.5. The zero-order valence-electron chi connectivity index (χ0n) is 12.2. The lowest BCUT2D eigenvalue weighted by Crippen LogP contribution is -2.47. The molecule has 0 aliphatic carbocycles. The molecule has 1 heterocycles. The minimum atomic E-state index is 0.0426. The van der Waals surface area contributed by atoms with Crippen molar-refractivity contribution in [1.82, 2.24) is 10.2 Å². The average molecular weight is 419 g/mol. The third-order valence-corrected chi connectivity index (χ3v) is 4.89. The van der Waals surface area contributed by atoms with Crippen LogP contribution in [0.5, 0.6) is 0 Å². The van der Waals surface area contributed by atoms with Crippen molar-refractivity contribution in [2.24, 2.45) is 0 Å². The second-order valence-corrected chi connectivity index (χ2v) is 7.12. The number of halogens is 2. The molecule has 0 bridgehead atoms. The van der Waals surface area contributed by atoms with Crippen molar-refractivity contribution in [3.05, 3.63) is 27.1 Å². The van der Waals surface area contributed by atoms with Crippen LogP contribution >= 0.6 is 31.9 Å². The fourth-order valence-corrected chi connectivity index (χ4v) is 3.85. The van der Waals surface area contributed by atoms with Crippen molar-refractivity contribution in [3.63, 3.8) is 0 Å². The summed E-state index contributed by atoms with van der Waals surface area (Å²) in [5.41, 5.74) is 0.811. The van der Waals surface area contributed by atoms with Crippen molar-refractivity contribution >= 4 is 43.5 Å². The molecule has 1 fully saturated rings. The number of amides is 1. The Labute approximate surface area is 142 Å². The molecule has 0 spiro atoms. The number of hydrogen-bond acceptors (Lipinski definition) is 3. The molecule has 1 aromatic rings. The van der Waals surface area contributed by atoms with Crippen LogP contribution in [-0.2, 0) is 4.79 Å². The van der Waals surface area contributed by atoms with E-state index in [2.05, 4.69) is 47.4 Å². The van der Waals surface area contributed by atoms with Crippen molar-refractivity contribution in [1.29, 1.82) is 0 Å². The van der Waals surface area contributed by atoms with Gasteiger partial charge in [0.25, 0.3) is 0 Å². The molecule has 21 heavy (non-hydrogen) atoms. The molecule has 1 aromatic carbocycles. The first-order valence-electron chi connectivity index (χ1n) is 7.23. The Hall–Kier alpha value is -0.430. The van der Waals surface area contributed by atoms with Gasteiger partial charge < -0.3 is 10.6 Å². The van der Waals surface area contributed by atoms with Gasteiger partial charge in [0.15, 0.2) is 0 Å². The monoisotopic (exact) mass is 417 g/mol. The van der Waals surface area contributed by atoms with Crippen LogP contribution in [0.4, 0.5) is 5.69 Å². The number of anilines is 1. The molecule has 1 aliphatic rings. The summed E-state index contributed by atoms with van der Waals surface area (Å²) in [6.45, 7) is 2.39. The van der Waals surface area contributed by atoms with Crippen LogP contribution in [0.25, 0.3) is 0 Å². The van der Waals surface area contributed by atoms with E-state index in [0.717, 1.165) is 34.1 Å². The van der Waals surface area contributed by atoms with E-state index in [0.29, 0.717) is 12.6 Å². The van der Waals surface area contributed by atoms with Gasteiger partial charge in [-0.1, -0.05) is 22.4 Å². The Bertz CT molecular complexity index is 494. The number of benzene rings is 1. The van der Waals surface area contributed by atoms with Gasteiger partial charge in [-0.2, -0.15) is 0 Å². The van der Waals surface area contributed by atoms with Gasteiger partial charge in [0.05, 0.1) is 12.2 Å². The zero-order valence-corrected chi connectivity index (χ0v) is 15.3. The molecule has 1 unspecified atom stereocenters. The highest BCUT2D eigenvalue weighted by atomic mass is 79.9. The van der Waals surface area contributed by atoms with Gasteiger partial charge in [0, 0.05) is 21.5 Å². The van der Waals surface area contributed by atoms with Crippen LogP contribution in [-0.4, -0.2) is 43.5 Å². The Kier molecular flexibility index (Phi) is 6.67. The predicted molar refractivity (Wildman–Crippen MR) is 93.6 cm³/mol. The first-order valence-corrected chi connectivity index (χ1v) is 8.82. The summed E-state index contributed by atoms with van der Waals surface area (Å²) in [4.78, 5) is 14.5. The second kappa shape index (κ2) is 8.27. The molecule has 0 radical (unpaired) electrons. The van der Waals surface area contributed by atoms with E-state index < -0.39 is 0 Å². The smallest absolute Gasteiger partial charge is 0.238 e. The number of hydrogen-bond donors (Lipinski definition) is 2. The third-order valence-electron chi connectivity index (χ3n) is 3.74. The molecular formula is C15H21Br2N3O. The summed E-state index contributed by atoms with van der Waals surface area (Å²) < 4.78 is 1.87. The quantitative estimate of drug-likeness (QED) is 0.771. The Morgan fingerprint density at radius 2 is 2.19 bits per heavy atom. The Morgan fingerprint density at radius 3 is 2.90 bits per heavy atom. The number of likely N-dealkylation sites (tertiary alicyclic amines) is 1. The Morgan fingerprint density at radius 1 is 1.38 bits per heavy atom. The van der Waals surface area contributed by atoms with Crippen LogP contribution in [0.3, 0.4) is 0 Å². The van der Waals surface area contributed by atoms with Gasteiger partial charge in [-0.25, -0.2) is 0 Å². The molecule has 2 rings (SSSR count). The summed E-state index contributed by atoms with van der Waals surface area (Å²) in [6, 6.07) is 6.21. The topological polar surface area (TPSA) is 44.4 Å². The third kappa shape index (κ3) is 5.06.